The normalized spacial score (nSPS) is 18.1. The van der Waals surface area contributed by atoms with E-state index in [4.69, 9.17) is 4.74 Å². The van der Waals surface area contributed by atoms with Crippen molar-refractivity contribution in [2.24, 2.45) is 7.05 Å². The molecule has 2 aliphatic heterocycles. The van der Waals surface area contributed by atoms with Gasteiger partial charge < -0.3 is 14.2 Å². The van der Waals surface area contributed by atoms with Crippen LogP contribution in [-0.2, 0) is 7.05 Å². The Hall–Kier alpha value is -2.43. The molecule has 0 unspecified atom stereocenters. The second-order valence-electron chi connectivity index (χ2n) is 8.67. The number of nitrogens with zero attached hydrogens (tertiary/aromatic N) is 6. The Morgan fingerprint density at radius 2 is 1.88 bits per heavy atom. The lowest BCUT2D eigenvalue weighted by molar-refractivity contribution is -0.0495. The smallest absolute Gasteiger partial charge is 0.387 e. The van der Waals surface area contributed by atoms with Crippen molar-refractivity contribution in [3.8, 4) is 5.75 Å². The molecule has 0 radical (unpaired) electrons. The summed E-state index contributed by atoms with van der Waals surface area (Å²) < 4.78 is 38.1. The van der Waals surface area contributed by atoms with Crippen LogP contribution < -0.4 is 9.64 Å². The first-order valence-corrected chi connectivity index (χ1v) is 12.0. The van der Waals surface area contributed by atoms with Gasteiger partial charge >= 0.3 is 6.61 Å². The zero-order valence-corrected chi connectivity index (χ0v) is 19.6. The van der Waals surface area contributed by atoms with Crippen LogP contribution in [-0.4, -0.2) is 63.0 Å². The number of aryl methyl sites for hydroxylation is 1. The van der Waals surface area contributed by atoms with E-state index in [-0.39, 0.29) is 5.75 Å². The summed E-state index contributed by atoms with van der Waals surface area (Å²) in [6.07, 6.45) is 7.25. The van der Waals surface area contributed by atoms with Crippen molar-refractivity contribution in [2.45, 2.75) is 31.8 Å². The van der Waals surface area contributed by atoms with Crippen LogP contribution in [0.4, 0.5) is 20.3 Å². The van der Waals surface area contributed by atoms with E-state index in [2.05, 4.69) is 18.6 Å². The molecule has 3 aromatic rings. The molecule has 0 atom stereocenters. The number of hydrogen-bond acceptors (Lipinski definition) is 7. The predicted octanol–water partition coefficient (Wildman–Crippen LogP) is 4.79. The molecule has 10 heteroatoms. The first kappa shape index (κ1) is 22.4. The van der Waals surface area contributed by atoms with Crippen LogP contribution in [0.5, 0.6) is 5.75 Å². The van der Waals surface area contributed by atoms with Gasteiger partial charge in [0.2, 0.25) is 0 Å². The second-order valence-corrected chi connectivity index (χ2v) is 9.86. The van der Waals surface area contributed by atoms with E-state index < -0.39 is 6.61 Å². The number of hydrogen-bond donors (Lipinski definition) is 0. The number of benzene rings is 1. The highest BCUT2D eigenvalue weighted by atomic mass is 32.2. The van der Waals surface area contributed by atoms with Crippen LogP contribution in [0.3, 0.4) is 0 Å². The molecule has 0 aliphatic carbocycles. The average Bonchev–Trinajstić information content (AvgIpc) is 3.16. The van der Waals surface area contributed by atoms with Crippen LogP contribution in [0.2, 0.25) is 0 Å². The number of imidazole rings is 1. The van der Waals surface area contributed by atoms with Crippen molar-refractivity contribution in [1.82, 2.24) is 23.1 Å². The predicted molar refractivity (Wildman–Crippen MR) is 127 cm³/mol. The standard InChI is InChI=1S/C23H28F2N6OS/c1-28-15-27-18-12-26-22(11-20(18)28)29(2)19-7-6-16(10-21(19)32-23(24)25)17-13-31(14-17)33-30-8-4-3-5-9-30/h6-7,10-12,15,17,23H,3-5,8-9,13-14H2,1-2H3. The Morgan fingerprint density at radius 1 is 1.09 bits per heavy atom. The number of piperidine rings is 1. The summed E-state index contributed by atoms with van der Waals surface area (Å²) in [6.45, 7) is 1.19. The van der Waals surface area contributed by atoms with Crippen molar-refractivity contribution in [3.05, 3.63) is 42.4 Å². The number of anilines is 2. The van der Waals surface area contributed by atoms with Gasteiger partial charge in [-0.15, -0.1) is 0 Å². The van der Waals surface area contributed by atoms with Gasteiger partial charge in [-0.05, 0) is 30.5 Å². The molecule has 2 saturated heterocycles. The zero-order valence-electron chi connectivity index (χ0n) is 18.8. The monoisotopic (exact) mass is 474 g/mol. The minimum Gasteiger partial charge on any atom is -0.433 e. The lowest BCUT2D eigenvalue weighted by Crippen LogP contribution is -2.43. The van der Waals surface area contributed by atoms with E-state index in [1.54, 1.807) is 30.5 Å². The summed E-state index contributed by atoms with van der Waals surface area (Å²) in [7, 11) is 3.71. The molecule has 0 saturated carbocycles. The second kappa shape index (κ2) is 9.44. The summed E-state index contributed by atoms with van der Waals surface area (Å²) in [6, 6.07) is 7.52. The van der Waals surface area contributed by atoms with Gasteiger partial charge in [-0.2, -0.15) is 8.78 Å². The van der Waals surface area contributed by atoms with Gasteiger partial charge in [0.25, 0.3) is 0 Å². The van der Waals surface area contributed by atoms with E-state index in [9.17, 15) is 8.78 Å². The third-order valence-electron chi connectivity index (χ3n) is 6.37. The van der Waals surface area contributed by atoms with Crippen LogP contribution >= 0.6 is 12.1 Å². The Balaban J connectivity index is 1.33. The number of alkyl halides is 2. The topological polar surface area (TPSA) is 49.7 Å². The molecule has 5 rings (SSSR count). The molecular formula is C23H28F2N6OS. The quantitative estimate of drug-likeness (QED) is 0.457. The maximum absolute atomic E-state index is 13.3. The highest BCUT2D eigenvalue weighted by Crippen LogP contribution is 2.40. The maximum atomic E-state index is 13.3. The number of ether oxygens (including phenoxy) is 1. The Morgan fingerprint density at radius 3 is 2.64 bits per heavy atom. The third kappa shape index (κ3) is 4.78. The van der Waals surface area contributed by atoms with Crippen LogP contribution in [0.15, 0.2) is 36.8 Å². The van der Waals surface area contributed by atoms with Gasteiger partial charge in [-0.1, -0.05) is 12.5 Å². The minimum atomic E-state index is -2.90. The van der Waals surface area contributed by atoms with Gasteiger partial charge in [0, 0.05) is 64.4 Å². The number of rotatable bonds is 7. The van der Waals surface area contributed by atoms with Crippen LogP contribution in [0.25, 0.3) is 11.0 Å². The maximum Gasteiger partial charge on any atom is 0.387 e. The SMILES string of the molecule is CN(c1cc2c(cn1)ncn2C)c1ccc(C2CN(SN3CCCCC3)C2)cc1OC(F)F. The first-order chi connectivity index (χ1) is 16.0. The van der Waals surface area contributed by atoms with Crippen LogP contribution in [0.1, 0.15) is 30.7 Å². The highest BCUT2D eigenvalue weighted by Gasteiger charge is 2.31. The number of pyridine rings is 1. The van der Waals surface area contributed by atoms with E-state index in [1.807, 2.05) is 41.9 Å². The first-order valence-electron chi connectivity index (χ1n) is 11.3. The fourth-order valence-corrected chi connectivity index (χ4v) is 5.65. The third-order valence-corrected chi connectivity index (χ3v) is 7.49. The molecule has 0 N–H and O–H groups in total. The molecule has 0 amide bonds. The molecule has 7 nitrogen and oxygen atoms in total. The van der Waals surface area contributed by atoms with E-state index in [0.29, 0.717) is 17.4 Å². The lowest BCUT2D eigenvalue weighted by Gasteiger charge is -2.41. The van der Waals surface area contributed by atoms with Gasteiger partial charge in [-0.3, -0.25) is 0 Å². The van der Waals surface area contributed by atoms with Crippen molar-refractivity contribution in [1.29, 1.82) is 0 Å². The molecule has 33 heavy (non-hydrogen) atoms. The summed E-state index contributed by atoms with van der Waals surface area (Å²) in [5.74, 6) is 1.11. The van der Waals surface area contributed by atoms with E-state index in [0.717, 1.165) is 42.8 Å². The fourth-order valence-electron chi connectivity index (χ4n) is 4.40. The molecular weight excluding hydrogens is 446 g/mol. The molecule has 0 spiro atoms. The molecule has 0 bridgehead atoms. The summed E-state index contributed by atoms with van der Waals surface area (Å²) in [5, 5.41) is 0. The molecule has 2 fully saturated rings. The van der Waals surface area contributed by atoms with Crippen molar-refractivity contribution < 1.29 is 13.5 Å². The summed E-state index contributed by atoms with van der Waals surface area (Å²) in [4.78, 5) is 10.5. The number of halogens is 2. The lowest BCUT2D eigenvalue weighted by atomic mass is 9.93. The molecule has 1 aromatic carbocycles. The van der Waals surface area contributed by atoms with Gasteiger partial charge in [-0.25, -0.2) is 18.6 Å². The molecule has 4 heterocycles. The summed E-state index contributed by atoms with van der Waals surface area (Å²) in [5.41, 5.74) is 3.27. The van der Waals surface area contributed by atoms with Gasteiger partial charge in [0.05, 0.1) is 23.7 Å². The number of fused-ring (bicyclic) bond motifs is 1. The highest BCUT2D eigenvalue weighted by molar-refractivity contribution is 7.94. The van der Waals surface area contributed by atoms with Crippen LogP contribution in [0, 0.1) is 0 Å². The Bertz CT molecular complexity index is 1110. The average molecular weight is 475 g/mol. The van der Waals surface area contributed by atoms with Crippen molar-refractivity contribution >= 4 is 34.7 Å². The van der Waals surface area contributed by atoms with E-state index in [1.165, 1.54) is 19.3 Å². The fraction of sp³-hybridized carbons (Fsp3) is 0.478. The molecule has 176 valence electrons. The van der Waals surface area contributed by atoms with Crippen molar-refractivity contribution in [2.75, 3.05) is 38.1 Å². The zero-order chi connectivity index (χ0) is 22.9. The number of aromatic nitrogens is 3. The molecule has 2 aliphatic rings. The Labute approximate surface area is 196 Å². The molecule has 2 aromatic heterocycles. The van der Waals surface area contributed by atoms with Gasteiger partial charge in [0.15, 0.2) is 0 Å². The summed E-state index contributed by atoms with van der Waals surface area (Å²) >= 11 is 1.82. The van der Waals surface area contributed by atoms with Gasteiger partial charge in [0.1, 0.15) is 17.1 Å². The Kier molecular flexibility index (Phi) is 6.40. The van der Waals surface area contributed by atoms with Crippen molar-refractivity contribution in [3.63, 3.8) is 0 Å². The van der Waals surface area contributed by atoms with E-state index >= 15 is 0 Å². The largest absolute Gasteiger partial charge is 0.433 e. The minimum absolute atomic E-state index is 0.166.